The Kier molecular flexibility index (Phi) is 7.23. The standard InChI is InChI=1S/C28H33N7O/c1-33(2)27-15-25(31-28(32-27)22-6-4-10-29-16-22)23-7-5-12-34(18-23)17-21-8-9-26(36-3)24(14-21)19-35-13-11-30-20-35/h4,6,8-11,13-16,20,23H,5,7,12,17-19H2,1-3H3. The molecule has 0 aliphatic carbocycles. The summed E-state index contributed by atoms with van der Waals surface area (Å²) in [5.41, 5.74) is 4.50. The minimum absolute atomic E-state index is 0.361. The van der Waals surface area contributed by atoms with Gasteiger partial charge in [0.25, 0.3) is 0 Å². The first-order chi connectivity index (χ1) is 17.6. The number of pyridine rings is 1. The third kappa shape index (κ3) is 5.54. The second-order valence-corrected chi connectivity index (χ2v) is 9.57. The smallest absolute Gasteiger partial charge is 0.163 e. The molecule has 1 aliphatic rings. The van der Waals surface area contributed by atoms with E-state index < -0.39 is 0 Å². The molecule has 8 heteroatoms. The SMILES string of the molecule is COc1ccc(CN2CCCC(c3cc(N(C)C)nc(-c4cccnc4)n3)C2)cc1Cn1ccnc1. The summed E-state index contributed by atoms with van der Waals surface area (Å²) >= 11 is 0. The molecule has 3 aromatic heterocycles. The predicted molar refractivity (Wildman–Crippen MR) is 141 cm³/mol. The first kappa shape index (κ1) is 23.9. The number of piperidine rings is 1. The molecule has 4 heterocycles. The monoisotopic (exact) mass is 483 g/mol. The van der Waals surface area contributed by atoms with Gasteiger partial charge in [-0.1, -0.05) is 6.07 Å². The lowest BCUT2D eigenvalue weighted by molar-refractivity contribution is 0.198. The third-order valence-electron chi connectivity index (χ3n) is 6.70. The second-order valence-electron chi connectivity index (χ2n) is 9.57. The number of ether oxygens (including phenoxy) is 1. The Morgan fingerprint density at radius 1 is 1.06 bits per heavy atom. The molecule has 1 saturated heterocycles. The lowest BCUT2D eigenvalue weighted by Gasteiger charge is -2.33. The highest BCUT2D eigenvalue weighted by Gasteiger charge is 2.24. The van der Waals surface area contributed by atoms with Crippen LogP contribution in [0.25, 0.3) is 11.4 Å². The maximum Gasteiger partial charge on any atom is 0.163 e. The van der Waals surface area contributed by atoms with Gasteiger partial charge >= 0.3 is 0 Å². The highest BCUT2D eigenvalue weighted by atomic mass is 16.5. The van der Waals surface area contributed by atoms with Crippen LogP contribution in [0, 0.1) is 0 Å². The molecular formula is C28H33N7O. The fourth-order valence-corrected chi connectivity index (χ4v) is 4.84. The highest BCUT2D eigenvalue weighted by molar-refractivity contribution is 5.57. The Morgan fingerprint density at radius 2 is 1.97 bits per heavy atom. The van der Waals surface area contributed by atoms with Gasteiger partial charge < -0.3 is 14.2 Å². The van der Waals surface area contributed by atoms with Crippen LogP contribution < -0.4 is 9.64 Å². The molecule has 186 valence electrons. The molecule has 0 bridgehead atoms. The van der Waals surface area contributed by atoms with Crippen LogP contribution in [0.3, 0.4) is 0 Å². The summed E-state index contributed by atoms with van der Waals surface area (Å²) in [6, 6.07) is 12.6. The molecule has 8 nitrogen and oxygen atoms in total. The number of nitrogens with zero attached hydrogens (tertiary/aromatic N) is 7. The number of likely N-dealkylation sites (tertiary alicyclic amines) is 1. The van der Waals surface area contributed by atoms with Gasteiger partial charge in [0.15, 0.2) is 5.82 Å². The van der Waals surface area contributed by atoms with Gasteiger partial charge in [0, 0.05) is 75.1 Å². The largest absolute Gasteiger partial charge is 0.496 e. The molecule has 36 heavy (non-hydrogen) atoms. The maximum atomic E-state index is 5.62. The molecule has 5 rings (SSSR count). The summed E-state index contributed by atoms with van der Waals surface area (Å²) in [7, 11) is 5.78. The molecule has 0 spiro atoms. The van der Waals surface area contributed by atoms with Gasteiger partial charge in [-0.2, -0.15) is 0 Å². The van der Waals surface area contributed by atoms with E-state index in [2.05, 4.69) is 43.7 Å². The van der Waals surface area contributed by atoms with Gasteiger partial charge in [0.1, 0.15) is 11.6 Å². The molecule has 4 aromatic rings. The zero-order valence-electron chi connectivity index (χ0n) is 21.2. The first-order valence-electron chi connectivity index (χ1n) is 12.4. The van der Waals surface area contributed by atoms with Crippen molar-refractivity contribution < 1.29 is 4.74 Å². The van der Waals surface area contributed by atoms with Crippen LogP contribution in [0.15, 0.2) is 67.5 Å². The van der Waals surface area contributed by atoms with Crippen LogP contribution in [0.5, 0.6) is 5.75 Å². The minimum atomic E-state index is 0.361. The van der Waals surface area contributed by atoms with Crippen molar-refractivity contribution >= 4 is 5.82 Å². The number of rotatable bonds is 8. The number of hydrogen-bond donors (Lipinski definition) is 0. The third-order valence-corrected chi connectivity index (χ3v) is 6.70. The van der Waals surface area contributed by atoms with Gasteiger partial charge in [-0.3, -0.25) is 9.88 Å². The van der Waals surface area contributed by atoms with Crippen LogP contribution in [0.4, 0.5) is 5.82 Å². The number of imidazole rings is 1. The molecule has 0 radical (unpaired) electrons. The molecular weight excluding hydrogens is 450 g/mol. The van der Waals surface area contributed by atoms with Crippen LogP contribution >= 0.6 is 0 Å². The number of hydrogen-bond acceptors (Lipinski definition) is 7. The fraction of sp³-hybridized carbons (Fsp3) is 0.357. The van der Waals surface area contributed by atoms with Gasteiger partial charge in [0.2, 0.25) is 0 Å². The summed E-state index contributed by atoms with van der Waals surface area (Å²) in [6.45, 7) is 3.70. The van der Waals surface area contributed by atoms with Crippen molar-refractivity contribution in [3.05, 3.63) is 84.3 Å². The van der Waals surface area contributed by atoms with E-state index in [9.17, 15) is 0 Å². The Hall–Kier alpha value is -3.78. The Bertz CT molecular complexity index is 1270. The van der Waals surface area contributed by atoms with E-state index >= 15 is 0 Å². The molecule has 1 aromatic carbocycles. The van der Waals surface area contributed by atoms with E-state index in [1.807, 2.05) is 49.8 Å². The number of anilines is 1. The zero-order chi connectivity index (χ0) is 24.9. The number of aromatic nitrogens is 5. The summed E-state index contributed by atoms with van der Waals surface area (Å²) < 4.78 is 7.69. The van der Waals surface area contributed by atoms with E-state index in [0.29, 0.717) is 5.92 Å². The summed E-state index contributed by atoms with van der Waals surface area (Å²) in [6.07, 6.45) is 11.5. The van der Waals surface area contributed by atoms with Crippen molar-refractivity contribution in [2.45, 2.75) is 31.8 Å². The summed E-state index contributed by atoms with van der Waals surface area (Å²) in [5, 5.41) is 0. The van der Waals surface area contributed by atoms with Crippen molar-refractivity contribution in [1.29, 1.82) is 0 Å². The van der Waals surface area contributed by atoms with Gasteiger partial charge in [-0.05, 0) is 49.2 Å². The van der Waals surface area contributed by atoms with Crippen molar-refractivity contribution in [2.75, 3.05) is 39.2 Å². The van der Waals surface area contributed by atoms with Gasteiger partial charge in [0.05, 0.1) is 25.7 Å². The van der Waals surface area contributed by atoms with Crippen molar-refractivity contribution in [2.24, 2.45) is 0 Å². The van der Waals surface area contributed by atoms with Crippen LogP contribution in [-0.2, 0) is 13.1 Å². The maximum absolute atomic E-state index is 5.62. The fourth-order valence-electron chi connectivity index (χ4n) is 4.84. The van der Waals surface area contributed by atoms with Crippen LogP contribution in [0.1, 0.15) is 35.6 Å². The topological polar surface area (TPSA) is 72.2 Å². The minimum Gasteiger partial charge on any atom is -0.496 e. The van der Waals surface area contributed by atoms with Gasteiger partial charge in [-0.25, -0.2) is 15.0 Å². The molecule has 1 atom stereocenters. The quantitative estimate of drug-likeness (QED) is 0.371. The van der Waals surface area contributed by atoms with E-state index in [1.54, 1.807) is 19.5 Å². The Balaban J connectivity index is 1.35. The lowest BCUT2D eigenvalue weighted by Crippen LogP contribution is -2.34. The molecule has 0 amide bonds. The first-order valence-corrected chi connectivity index (χ1v) is 12.4. The van der Waals surface area contributed by atoms with E-state index in [-0.39, 0.29) is 0 Å². The molecule has 1 aliphatic heterocycles. The van der Waals surface area contributed by atoms with Crippen molar-refractivity contribution in [3.8, 4) is 17.1 Å². The van der Waals surface area contributed by atoms with Crippen LogP contribution in [0.2, 0.25) is 0 Å². The highest BCUT2D eigenvalue weighted by Crippen LogP contribution is 2.30. The summed E-state index contributed by atoms with van der Waals surface area (Å²) in [4.78, 5) is 22.8. The normalized spacial score (nSPS) is 16.1. The molecule has 0 N–H and O–H groups in total. The van der Waals surface area contributed by atoms with E-state index in [1.165, 1.54) is 5.56 Å². The molecule has 1 unspecified atom stereocenters. The Morgan fingerprint density at radius 3 is 2.72 bits per heavy atom. The van der Waals surface area contributed by atoms with Gasteiger partial charge in [-0.15, -0.1) is 0 Å². The predicted octanol–water partition coefficient (Wildman–Crippen LogP) is 4.24. The molecule has 0 saturated carbocycles. The second kappa shape index (κ2) is 10.9. The van der Waals surface area contributed by atoms with E-state index in [4.69, 9.17) is 14.7 Å². The summed E-state index contributed by atoms with van der Waals surface area (Å²) in [5.74, 6) is 2.93. The molecule has 1 fully saturated rings. The Labute approximate surface area is 212 Å². The van der Waals surface area contributed by atoms with Crippen LogP contribution in [-0.4, -0.2) is 63.7 Å². The van der Waals surface area contributed by atoms with Crippen molar-refractivity contribution in [1.82, 2.24) is 29.4 Å². The van der Waals surface area contributed by atoms with E-state index in [0.717, 1.165) is 73.2 Å². The lowest BCUT2D eigenvalue weighted by atomic mass is 9.93. The average Bonchev–Trinajstić information content (AvgIpc) is 3.42. The number of methoxy groups -OCH3 is 1. The number of benzene rings is 1. The van der Waals surface area contributed by atoms with Crippen molar-refractivity contribution in [3.63, 3.8) is 0 Å². The average molecular weight is 484 g/mol. The zero-order valence-corrected chi connectivity index (χ0v) is 21.2.